The topological polar surface area (TPSA) is 65.5 Å². The van der Waals surface area contributed by atoms with Crippen molar-refractivity contribution in [2.75, 3.05) is 30.9 Å². The average Bonchev–Trinajstić information content (AvgIpc) is 3.36. The molecule has 0 radical (unpaired) electrons. The largest absolute Gasteiger partial charge is 0.354 e. The van der Waals surface area contributed by atoms with Crippen LogP contribution in [0.15, 0.2) is 90.3 Å². The van der Waals surface area contributed by atoms with Gasteiger partial charge in [-0.3, -0.25) is 9.59 Å². The first kappa shape index (κ1) is 23.2. The third-order valence-electron chi connectivity index (χ3n) is 5.20. The van der Waals surface area contributed by atoms with Crippen molar-refractivity contribution in [1.82, 2.24) is 9.88 Å². The fraction of sp³-hybridized carbons (Fsp3) is 0.148. The molecule has 7 heteroatoms. The summed E-state index contributed by atoms with van der Waals surface area (Å²) in [5.41, 5.74) is 4.06. The Morgan fingerprint density at radius 1 is 0.882 bits per heavy atom. The fourth-order valence-corrected chi connectivity index (χ4v) is 4.23. The van der Waals surface area contributed by atoms with Crippen LogP contribution in [0.3, 0.4) is 0 Å². The summed E-state index contributed by atoms with van der Waals surface area (Å²) in [6.07, 6.45) is 0. The molecule has 2 amide bonds. The number of hydrogen-bond acceptors (Lipinski definition) is 5. The monoisotopic (exact) mass is 470 g/mol. The van der Waals surface area contributed by atoms with Gasteiger partial charge in [0, 0.05) is 42.8 Å². The van der Waals surface area contributed by atoms with E-state index in [9.17, 15) is 9.59 Å². The third kappa shape index (κ3) is 5.88. The predicted molar refractivity (Wildman–Crippen MR) is 138 cm³/mol. The highest BCUT2D eigenvalue weighted by Crippen LogP contribution is 2.27. The van der Waals surface area contributed by atoms with Gasteiger partial charge in [0.25, 0.3) is 5.91 Å². The Balaban J connectivity index is 1.45. The molecule has 0 aliphatic carbocycles. The van der Waals surface area contributed by atoms with Gasteiger partial charge in [0.1, 0.15) is 6.54 Å². The lowest BCUT2D eigenvalue weighted by molar-refractivity contribution is -0.117. The van der Waals surface area contributed by atoms with E-state index in [0.29, 0.717) is 17.8 Å². The van der Waals surface area contributed by atoms with Crippen LogP contribution in [0.25, 0.3) is 11.3 Å². The van der Waals surface area contributed by atoms with Gasteiger partial charge in [0.2, 0.25) is 5.91 Å². The van der Waals surface area contributed by atoms with Crippen molar-refractivity contribution >= 4 is 34.0 Å². The zero-order valence-electron chi connectivity index (χ0n) is 19.1. The van der Waals surface area contributed by atoms with E-state index < -0.39 is 0 Å². The Morgan fingerprint density at radius 2 is 1.53 bits per heavy atom. The van der Waals surface area contributed by atoms with Gasteiger partial charge in [-0.15, -0.1) is 11.3 Å². The van der Waals surface area contributed by atoms with E-state index in [-0.39, 0.29) is 18.4 Å². The lowest BCUT2D eigenvalue weighted by Crippen LogP contribution is -2.37. The predicted octanol–water partition coefficient (Wildman–Crippen LogP) is 5.16. The molecule has 0 aliphatic rings. The number of carbonyl (C=O) groups is 2. The number of benzene rings is 3. The van der Waals surface area contributed by atoms with Crippen molar-refractivity contribution < 1.29 is 9.59 Å². The highest BCUT2D eigenvalue weighted by Gasteiger charge is 2.19. The molecular weight excluding hydrogens is 444 g/mol. The minimum atomic E-state index is -0.253. The van der Waals surface area contributed by atoms with E-state index in [2.05, 4.69) is 10.3 Å². The number of nitrogens with zero attached hydrogens (tertiary/aromatic N) is 3. The summed E-state index contributed by atoms with van der Waals surface area (Å²) >= 11 is 1.58. The van der Waals surface area contributed by atoms with Crippen LogP contribution in [0, 0.1) is 0 Å². The minimum Gasteiger partial charge on any atom is -0.354 e. The summed E-state index contributed by atoms with van der Waals surface area (Å²) in [5, 5.41) is 5.86. The summed E-state index contributed by atoms with van der Waals surface area (Å²) in [7, 11) is 3.93. The number of rotatable bonds is 8. The first-order valence-corrected chi connectivity index (χ1v) is 11.8. The number of amides is 2. The van der Waals surface area contributed by atoms with Crippen LogP contribution < -0.4 is 10.2 Å². The maximum Gasteiger partial charge on any atom is 0.254 e. The van der Waals surface area contributed by atoms with Gasteiger partial charge in [-0.1, -0.05) is 60.7 Å². The average molecular weight is 471 g/mol. The molecule has 1 heterocycles. The molecule has 34 heavy (non-hydrogen) atoms. The van der Waals surface area contributed by atoms with Crippen molar-refractivity contribution in [3.8, 4) is 11.3 Å². The first-order chi connectivity index (χ1) is 16.5. The SMILES string of the molecule is CN(C)c1nc(-c2ccc(NC(=O)CN(Cc3ccccc3)C(=O)c3ccccc3)cc2)cs1. The number of carbonyl (C=O) groups excluding carboxylic acids is 2. The van der Waals surface area contributed by atoms with Gasteiger partial charge < -0.3 is 15.1 Å². The Hall–Kier alpha value is -3.97. The summed E-state index contributed by atoms with van der Waals surface area (Å²) in [4.78, 5) is 34.1. The second kappa shape index (κ2) is 10.8. The van der Waals surface area contributed by atoms with Crippen molar-refractivity contribution in [2.45, 2.75) is 6.54 Å². The van der Waals surface area contributed by atoms with E-state index in [1.807, 2.05) is 97.2 Å². The molecule has 0 bridgehead atoms. The molecule has 1 N–H and O–H groups in total. The normalized spacial score (nSPS) is 10.5. The lowest BCUT2D eigenvalue weighted by atomic mass is 10.1. The molecule has 3 aromatic carbocycles. The molecule has 0 saturated heterocycles. The second-order valence-corrected chi connectivity index (χ2v) is 8.88. The zero-order valence-corrected chi connectivity index (χ0v) is 20.0. The maximum atomic E-state index is 13.1. The minimum absolute atomic E-state index is 0.0529. The third-order valence-corrected chi connectivity index (χ3v) is 6.21. The number of nitrogens with one attached hydrogen (secondary N) is 1. The molecule has 1 aromatic heterocycles. The molecule has 4 aromatic rings. The Labute approximate surface area is 203 Å². The van der Waals surface area contributed by atoms with Crippen LogP contribution in [0.5, 0.6) is 0 Å². The standard InChI is InChI=1S/C27H26N4O2S/c1-30(2)27-29-24(19-34-27)21-13-15-23(16-14-21)28-25(32)18-31(17-20-9-5-3-6-10-20)26(33)22-11-7-4-8-12-22/h3-16,19H,17-18H2,1-2H3,(H,28,32). The zero-order chi connectivity index (χ0) is 23.9. The molecule has 0 atom stereocenters. The van der Waals surface area contributed by atoms with Crippen LogP contribution in [0.1, 0.15) is 15.9 Å². The van der Waals surface area contributed by atoms with Gasteiger partial charge >= 0.3 is 0 Å². The Kier molecular flexibility index (Phi) is 7.34. The van der Waals surface area contributed by atoms with Gasteiger partial charge in [0.15, 0.2) is 5.13 Å². The molecule has 6 nitrogen and oxygen atoms in total. The lowest BCUT2D eigenvalue weighted by Gasteiger charge is -2.22. The van der Waals surface area contributed by atoms with Crippen molar-refractivity contribution in [2.24, 2.45) is 0 Å². The maximum absolute atomic E-state index is 13.1. The van der Waals surface area contributed by atoms with Crippen molar-refractivity contribution in [3.63, 3.8) is 0 Å². The number of aromatic nitrogens is 1. The molecule has 0 fully saturated rings. The molecule has 0 saturated carbocycles. The van der Waals surface area contributed by atoms with Gasteiger partial charge in [-0.25, -0.2) is 4.98 Å². The van der Waals surface area contributed by atoms with E-state index in [1.54, 1.807) is 28.4 Å². The van der Waals surface area contributed by atoms with Crippen LogP contribution >= 0.6 is 11.3 Å². The second-order valence-electron chi connectivity index (χ2n) is 8.05. The highest BCUT2D eigenvalue weighted by atomic mass is 32.1. The highest BCUT2D eigenvalue weighted by molar-refractivity contribution is 7.14. The van der Waals surface area contributed by atoms with Crippen LogP contribution in [0.4, 0.5) is 10.8 Å². The van der Waals surface area contributed by atoms with Gasteiger partial charge in [-0.05, 0) is 29.8 Å². The number of thiazole rings is 1. The summed E-state index contributed by atoms with van der Waals surface area (Å²) in [6.45, 7) is 0.293. The smallest absolute Gasteiger partial charge is 0.254 e. The van der Waals surface area contributed by atoms with E-state index in [1.165, 1.54) is 0 Å². The molecule has 4 rings (SSSR count). The molecule has 172 valence electrons. The number of anilines is 2. The Bertz CT molecular complexity index is 1240. The summed E-state index contributed by atoms with van der Waals surface area (Å²) < 4.78 is 0. The van der Waals surface area contributed by atoms with E-state index >= 15 is 0 Å². The first-order valence-electron chi connectivity index (χ1n) is 10.9. The number of hydrogen-bond donors (Lipinski definition) is 1. The Morgan fingerprint density at radius 3 is 2.15 bits per heavy atom. The molecule has 0 unspecified atom stereocenters. The van der Waals surface area contributed by atoms with Crippen LogP contribution in [-0.2, 0) is 11.3 Å². The summed E-state index contributed by atoms with van der Waals surface area (Å²) in [5.74, 6) is -0.438. The molecular formula is C27H26N4O2S. The molecule has 0 spiro atoms. The molecule has 0 aliphatic heterocycles. The van der Waals surface area contributed by atoms with Gasteiger partial charge in [0.05, 0.1) is 5.69 Å². The quantitative estimate of drug-likeness (QED) is 0.386. The van der Waals surface area contributed by atoms with Crippen molar-refractivity contribution in [3.05, 3.63) is 101 Å². The van der Waals surface area contributed by atoms with E-state index in [4.69, 9.17) is 0 Å². The summed E-state index contributed by atoms with van der Waals surface area (Å²) in [6, 6.07) is 26.2. The van der Waals surface area contributed by atoms with E-state index in [0.717, 1.165) is 22.0 Å². The van der Waals surface area contributed by atoms with Gasteiger partial charge in [-0.2, -0.15) is 0 Å². The van der Waals surface area contributed by atoms with Crippen LogP contribution in [0.2, 0.25) is 0 Å². The fourth-order valence-electron chi connectivity index (χ4n) is 3.47. The van der Waals surface area contributed by atoms with Crippen LogP contribution in [-0.4, -0.2) is 42.3 Å². The van der Waals surface area contributed by atoms with Crippen molar-refractivity contribution in [1.29, 1.82) is 0 Å².